The van der Waals surface area contributed by atoms with Crippen molar-refractivity contribution in [3.8, 4) is 11.3 Å². The second-order valence-corrected chi connectivity index (χ2v) is 5.95. The van der Waals surface area contributed by atoms with Crippen molar-refractivity contribution in [3.63, 3.8) is 0 Å². The Balaban J connectivity index is 1.66. The molecule has 0 spiro atoms. The van der Waals surface area contributed by atoms with Gasteiger partial charge in [-0.3, -0.25) is 15.1 Å². The SMILES string of the molecule is O=C(/C=C/c1cccs1)Nc1nc(-c2cccnc2)cs1. The van der Waals surface area contributed by atoms with Crippen molar-refractivity contribution in [3.05, 3.63) is 58.4 Å². The summed E-state index contributed by atoms with van der Waals surface area (Å²) in [4.78, 5) is 21.3. The highest BCUT2D eigenvalue weighted by Crippen LogP contribution is 2.24. The molecule has 0 aliphatic heterocycles. The summed E-state index contributed by atoms with van der Waals surface area (Å²) in [5, 5.41) is 7.21. The molecule has 0 fully saturated rings. The monoisotopic (exact) mass is 313 g/mol. The number of rotatable bonds is 4. The third kappa shape index (κ3) is 3.62. The second-order valence-electron chi connectivity index (χ2n) is 4.12. The smallest absolute Gasteiger partial charge is 0.250 e. The molecule has 0 aliphatic rings. The minimum Gasteiger partial charge on any atom is -0.298 e. The van der Waals surface area contributed by atoms with E-state index >= 15 is 0 Å². The van der Waals surface area contributed by atoms with E-state index in [1.165, 1.54) is 17.4 Å². The van der Waals surface area contributed by atoms with Gasteiger partial charge in [-0.15, -0.1) is 22.7 Å². The van der Waals surface area contributed by atoms with Crippen LogP contribution in [0.4, 0.5) is 5.13 Å². The predicted molar refractivity (Wildman–Crippen MR) is 87.3 cm³/mol. The number of thiazole rings is 1. The molecule has 0 saturated carbocycles. The molecule has 3 rings (SSSR count). The minimum atomic E-state index is -0.185. The van der Waals surface area contributed by atoms with Crippen LogP contribution in [0.25, 0.3) is 17.3 Å². The summed E-state index contributed by atoms with van der Waals surface area (Å²) in [5.41, 5.74) is 1.74. The van der Waals surface area contributed by atoms with Gasteiger partial charge >= 0.3 is 0 Å². The van der Waals surface area contributed by atoms with Gasteiger partial charge in [-0.25, -0.2) is 4.98 Å². The van der Waals surface area contributed by atoms with Gasteiger partial charge in [0.05, 0.1) is 5.69 Å². The van der Waals surface area contributed by atoms with Crippen LogP contribution in [0.5, 0.6) is 0 Å². The quantitative estimate of drug-likeness (QED) is 0.743. The van der Waals surface area contributed by atoms with Crippen LogP contribution in [-0.2, 0) is 4.79 Å². The number of pyridine rings is 1. The number of hydrogen-bond acceptors (Lipinski definition) is 5. The molecule has 0 aromatic carbocycles. The summed E-state index contributed by atoms with van der Waals surface area (Å²) in [5.74, 6) is -0.185. The van der Waals surface area contributed by atoms with Crippen molar-refractivity contribution in [2.75, 3.05) is 5.32 Å². The number of aromatic nitrogens is 2. The summed E-state index contributed by atoms with van der Waals surface area (Å²) >= 11 is 2.98. The molecule has 0 radical (unpaired) electrons. The maximum absolute atomic E-state index is 11.8. The zero-order chi connectivity index (χ0) is 14.5. The molecule has 3 heterocycles. The number of anilines is 1. The van der Waals surface area contributed by atoms with Crippen LogP contribution in [0.15, 0.2) is 53.5 Å². The zero-order valence-electron chi connectivity index (χ0n) is 10.9. The molecule has 0 saturated heterocycles. The summed E-state index contributed by atoms with van der Waals surface area (Å²) < 4.78 is 0. The van der Waals surface area contributed by atoms with Gasteiger partial charge in [0.25, 0.3) is 0 Å². The number of nitrogens with zero attached hydrogens (tertiary/aromatic N) is 2. The number of hydrogen-bond donors (Lipinski definition) is 1. The molecule has 1 amide bonds. The molecule has 1 N–H and O–H groups in total. The highest BCUT2D eigenvalue weighted by molar-refractivity contribution is 7.14. The highest BCUT2D eigenvalue weighted by atomic mass is 32.1. The van der Waals surface area contributed by atoms with Gasteiger partial charge in [-0.2, -0.15) is 0 Å². The van der Waals surface area contributed by atoms with E-state index in [2.05, 4.69) is 15.3 Å². The number of carbonyl (C=O) groups is 1. The lowest BCUT2D eigenvalue weighted by atomic mass is 10.2. The fourth-order valence-corrected chi connectivity index (χ4v) is 3.01. The lowest BCUT2D eigenvalue weighted by Gasteiger charge is -1.96. The third-order valence-corrected chi connectivity index (χ3v) is 4.23. The van der Waals surface area contributed by atoms with Crippen LogP contribution < -0.4 is 5.32 Å². The normalized spacial score (nSPS) is 10.9. The van der Waals surface area contributed by atoms with Gasteiger partial charge in [-0.1, -0.05) is 6.07 Å². The lowest BCUT2D eigenvalue weighted by molar-refractivity contribution is -0.111. The topological polar surface area (TPSA) is 54.9 Å². The first-order chi connectivity index (χ1) is 10.3. The third-order valence-electron chi connectivity index (χ3n) is 2.63. The molecule has 21 heavy (non-hydrogen) atoms. The van der Waals surface area contributed by atoms with E-state index in [1.54, 1.807) is 29.8 Å². The molecule has 0 unspecified atom stereocenters. The van der Waals surface area contributed by atoms with Crippen LogP contribution in [0, 0.1) is 0 Å². The fourth-order valence-electron chi connectivity index (χ4n) is 1.67. The van der Waals surface area contributed by atoms with Gasteiger partial charge in [0.2, 0.25) is 5.91 Å². The molecule has 3 aromatic rings. The molecular formula is C15H11N3OS2. The average Bonchev–Trinajstić information content (AvgIpc) is 3.17. The molecule has 3 aromatic heterocycles. The molecule has 0 bridgehead atoms. The lowest BCUT2D eigenvalue weighted by Crippen LogP contribution is -2.07. The summed E-state index contributed by atoms with van der Waals surface area (Å²) in [6.07, 6.45) is 6.76. The second kappa shape index (κ2) is 6.43. The first kappa shape index (κ1) is 13.7. The first-order valence-electron chi connectivity index (χ1n) is 6.20. The molecule has 0 atom stereocenters. The van der Waals surface area contributed by atoms with Crippen molar-refractivity contribution in [2.24, 2.45) is 0 Å². The van der Waals surface area contributed by atoms with Crippen molar-refractivity contribution in [1.82, 2.24) is 9.97 Å². The maximum atomic E-state index is 11.8. The van der Waals surface area contributed by atoms with Gasteiger partial charge in [0.15, 0.2) is 5.13 Å². The minimum absolute atomic E-state index is 0.185. The Morgan fingerprint density at radius 1 is 1.24 bits per heavy atom. The zero-order valence-corrected chi connectivity index (χ0v) is 12.5. The number of amides is 1. The summed E-state index contributed by atoms with van der Waals surface area (Å²) in [6, 6.07) is 7.70. The molecule has 104 valence electrons. The average molecular weight is 313 g/mol. The van der Waals surface area contributed by atoms with Gasteiger partial charge in [0.1, 0.15) is 0 Å². The Labute approximate surface area is 129 Å². The van der Waals surface area contributed by atoms with E-state index in [-0.39, 0.29) is 5.91 Å². The Kier molecular flexibility index (Phi) is 4.18. The Morgan fingerprint density at radius 2 is 2.19 bits per heavy atom. The van der Waals surface area contributed by atoms with E-state index in [9.17, 15) is 4.79 Å². The predicted octanol–water partition coefficient (Wildman–Crippen LogP) is 3.92. The van der Waals surface area contributed by atoms with Crippen molar-refractivity contribution in [2.45, 2.75) is 0 Å². The van der Waals surface area contributed by atoms with Crippen molar-refractivity contribution < 1.29 is 4.79 Å². The van der Waals surface area contributed by atoms with Crippen LogP contribution in [0.2, 0.25) is 0 Å². The van der Waals surface area contributed by atoms with E-state index in [0.717, 1.165) is 16.1 Å². The Bertz CT molecular complexity index is 748. The maximum Gasteiger partial charge on any atom is 0.250 e. The summed E-state index contributed by atoms with van der Waals surface area (Å²) in [7, 11) is 0. The van der Waals surface area contributed by atoms with Crippen molar-refractivity contribution in [1.29, 1.82) is 0 Å². The van der Waals surface area contributed by atoms with Crippen LogP contribution in [0.3, 0.4) is 0 Å². The van der Waals surface area contributed by atoms with Crippen molar-refractivity contribution >= 4 is 39.8 Å². The van der Waals surface area contributed by atoms with Gasteiger partial charge < -0.3 is 0 Å². The molecule has 4 nitrogen and oxygen atoms in total. The van der Waals surface area contributed by atoms with E-state index < -0.39 is 0 Å². The largest absolute Gasteiger partial charge is 0.298 e. The van der Waals surface area contributed by atoms with E-state index in [4.69, 9.17) is 0 Å². The van der Waals surface area contributed by atoms with E-state index in [0.29, 0.717) is 5.13 Å². The highest BCUT2D eigenvalue weighted by Gasteiger charge is 2.06. The Morgan fingerprint density at radius 3 is 2.95 bits per heavy atom. The van der Waals surface area contributed by atoms with Gasteiger partial charge in [-0.05, 0) is 29.7 Å². The Hall–Kier alpha value is -2.31. The standard InChI is InChI=1S/C15H11N3OS2/c19-14(6-5-12-4-2-8-20-12)18-15-17-13(10-21-15)11-3-1-7-16-9-11/h1-10H,(H,17,18,19)/b6-5+. The fraction of sp³-hybridized carbons (Fsp3) is 0. The number of thiophene rings is 1. The number of carbonyl (C=O) groups excluding carboxylic acids is 1. The summed E-state index contributed by atoms with van der Waals surface area (Å²) in [6.45, 7) is 0. The van der Waals surface area contributed by atoms with Gasteiger partial charge in [0, 0.05) is 34.3 Å². The molecular weight excluding hydrogens is 302 g/mol. The molecule has 0 aliphatic carbocycles. The molecule has 6 heteroatoms. The van der Waals surface area contributed by atoms with E-state index in [1.807, 2.05) is 35.0 Å². The van der Waals surface area contributed by atoms with Crippen LogP contribution in [0.1, 0.15) is 4.88 Å². The number of nitrogens with one attached hydrogen (secondary N) is 1. The van der Waals surface area contributed by atoms with Crippen LogP contribution in [-0.4, -0.2) is 15.9 Å². The van der Waals surface area contributed by atoms with Crippen LogP contribution >= 0.6 is 22.7 Å². The first-order valence-corrected chi connectivity index (χ1v) is 7.96.